The first kappa shape index (κ1) is 13.1. The van der Waals surface area contributed by atoms with Crippen LogP contribution in [0.15, 0.2) is 12.1 Å². The minimum Gasteiger partial charge on any atom is -0.384 e. The van der Waals surface area contributed by atoms with E-state index in [4.69, 9.17) is 17.3 Å². The van der Waals surface area contributed by atoms with Crippen molar-refractivity contribution in [3.8, 4) is 0 Å². The van der Waals surface area contributed by atoms with E-state index in [1.54, 1.807) is 12.1 Å². The molecule has 1 aliphatic heterocycles. The number of amides is 1. The van der Waals surface area contributed by atoms with Crippen LogP contribution < -0.4 is 5.73 Å². The number of nitrogen functional groups attached to an aromatic ring is 1. The van der Waals surface area contributed by atoms with Crippen molar-refractivity contribution < 1.29 is 4.79 Å². The van der Waals surface area contributed by atoms with Gasteiger partial charge in [0.1, 0.15) is 11.5 Å². The molecule has 0 aromatic carbocycles. The van der Waals surface area contributed by atoms with Gasteiger partial charge in [0.25, 0.3) is 5.91 Å². The lowest BCUT2D eigenvalue weighted by molar-refractivity contribution is 0.0696. The van der Waals surface area contributed by atoms with Gasteiger partial charge < -0.3 is 10.6 Å². The minimum atomic E-state index is -0.108. The second kappa shape index (κ2) is 5.14. The number of aromatic nitrogens is 1. The number of halogens is 1. The Kier molecular flexibility index (Phi) is 3.76. The van der Waals surface area contributed by atoms with Gasteiger partial charge >= 0.3 is 0 Å². The number of carbonyl (C=O) groups is 1. The van der Waals surface area contributed by atoms with Gasteiger partial charge in [-0.25, -0.2) is 4.98 Å². The average Bonchev–Trinajstić information content (AvgIpc) is 2.80. The Labute approximate surface area is 112 Å². The number of nitrogens with two attached hydrogens (primary N) is 1. The summed E-state index contributed by atoms with van der Waals surface area (Å²) in [6, 6.07) is 3.50. The smallest absolute Gasteiger partial charge is 0.274 e. The van der Waals surface area contributed by atoms with Crippen molar-refractivity contribution in [3.63, 3.8) is 0 Å². The SMILES string of the molecule is CC(C)C1CCCN1C(=O)c1nc(N)ccc1Cl. The number of rotatable bonds is 2. The normalized spacial score (nSPS) is 19.6. The van der Waals surface area contributed by atoms with Crippen LogP contribution in [0.4, 0.5) is 5.82 Å². The standard InChI is InChI=1S/C13H18ClN3O/c1-8(2)10-4-3-7-17(10)13(18)12-9(14)5-6-11(15)16-12/h5-6,8,10H,3-4,7H2,1-2H3,(H2,15,16). The fraction of sp³-hybridized carbons (Fsp3) is 0.538. The van der Waals surface area contributed by atoms with Gasteiger partial charge in [-0.1, -0.05) is 25.4 Å². The molecule has 0 saturated carbocycles. The van der Waals surface area contributed by atoms with Crippen molar-refractivity contribution in [1.29, 1.82) is 0 Å². The Bertz CT molecular complexity index is 462. The van der Waals surface area contributed by atoms with Gasteiger partial charge in [-0.3, -0.25) is 4.79 Å². The largest absolute Gasteiger partial charge is 0.384 e. The molecule has 1 amide bonds. The molecule has 0 aliphatic carbocycles. The van der Waals surface area contributed by atoms with E-state index in [1.807, 2.05) is 4.90 Å². The molecule has 0 bridgehead atoms. The number of carbonyl (C=O) groups excluding carboxylic acids is 1. The summed E-state index contributed by atoms with van der Waals surface area (Å²) in [5.74, 6) is 0.655. The summed E-state index contributed by atoms with van der Waals surface area (Å²) in [5, 5.41) is 0.364. The van der Waals surface area contributed by atoms with Gasteiger partial charge in [-0.05, 0) is 30.9 Å². The fourth-order valence-corrected chi connectivity index (χ4v) is 2.67. The molecule has 1 unspecified atom stereocenters. The lowest BCUT2D eigenvalue weighted by Gasteiger charge is -2.27. The van der Waals surface area contributed by atoms with Crippen LogP contribution in [0.5, 0.6) is 0 Å². The summed E-state index contributed by atoms with van der Waals surface area (Å²) in [4.78, 5) is 18.4. The van der Waals surface area contributed by atoms with Gasteiger partial charge in [0, 0.05) is 12.6 Å². The molecule has 18 heavy (non-hydrogen) atoms. The van der Waals surface area contributed by atoms with Crippen LogP contribution in [0.25, 0.3) is 0 Å². The highest BCUT2D eigenvalue weighted by atomic mass is 35.5. The topological polar surface area (TPSA) is 59.2 Å². The van der Waals surface area contributed by atoms with Crippen molar-refractivity contribution in [2.75, 3.05) is 12.3 Å². The maximum Gasteiger partial charge on any atom is 0.274 e. The zero-order valence-electron chi connectivity index (χ0n) is 10.7. The predicted octanol–water partition coefficient (Wildman–Crippen LogP) is 2.58. The van der Waals surface area contributed by atoms with E-state index < -0.39 is 0 Å². The second-order valence-electron chi connectivity index (χ2n) is 5.02. The number of likely N-dealkylation sites (tertiary alicyclic amines) is 1. The van der Waals surface area contributed by atoms with Crippen LogP contribution in [0.3, 0.4) is 0 Å². The van der Waals surface area contributed by atoms with Gasteiger partial charge in [0.05, 0.1) is 5.02 Å². The first-order chi connectivity index (χ1) is 8.50. The lowest BCUT2D eigenvalue weighted by Crippen LogP contribution is -2.39. The molecule has 1 aliphatic rings. The Morgan fingerprint density at radius 1 is 1.56 bits per heavy atom. The molecule has 2 N–H and O–H groups in total. The molecule has 2 heterocycles. The van der Waals surface area contributed by atoms with Crippen LogP contribution >= 0.6 is 11.6 Å². The first-order valence-electron chi connectivity index (χ1n) is 6.23. The zero-order chi connectivity index (χ0) is 13.3. The highest BCUT2D eigenvalue weighted by Gasteiger charge is 2.32. The number of hydrogen-bond donors (Lipinski definition) is 1. The van der Waals surface area contributed by atoms with Crippen LogP contribution in [0.2, 0.25) is 5.02 Å². The van der Waals surface area contributed by atoms with E-state index >= 15 is 0 Å². The monoisotopic (exact) mass is 267 g/mol. The molecular formula is C13H18ClN3O. The predicted molar refractivity (Wildman–Crippen MR) is 72.6 cm³/mol. The Morgan fingerprint density at radius 2 is 2.28 bits per heavy atom. The molecule has 1 atom stereocenters. The average molecular weight is 268 g/mol. The van der Waals surface area contributed by atoms with Crippen LogP contribution in [0, 0.1) is 5.92 Å². The maximum atomic E-state index is 12.5. The zero-order valence-corrected chi connectivity index (χ0v) is 11.4. The van der Waals surface area contributed by atoms with Crippen molar-refractivity contribution in [3.05, 3.63) is 22.8 Å². The lowest BCUT2D eigenvalue weighted by atomic mass is 10.0. The highest BCUT2D eigenvalue weighted by Crippen LogP contribution is 2.27. The molecule has 1 aromatic rings. The van der Waals surface area contributed by atoms with E-state index in [-0.39, 0.29) is 17.6 Å². The van der Waals surface area contributed by atoms with Gasteiger partial charge in [-0.15, -0.1) is 0 Å². The summed E-state index contributed by atoms with van der Waals surface area (Å²) in [5.41, 5.74) is 5.89. The van der Waals surface area contributed by atoms with Crippen LogP contribution in [-0.4, -0.2) is 28.4 Å². The molecule has 98 valence electrons. The summed E-state index contributed by atoms with van der Waals surface area (Å²) in [7, 11) is 0. The van der Waals surface area contributed by atoms with Crippen LogP contribution in [0.1, 0.15) is 37.2 Å². The Hall–Kier alpha value is -1.29. The van der Waals surface area contributed by atoms with Crippen molar-refractivity contribution >= 4 is 23.3 Å². The number of hydrogen-bond acceptors (Lipinski definition) is 3. The summed E-state index contributed by atoms with van der Waals surface area (Å²) < 4.78 is 0. The summed E-state index contributed by atoms with van der Waals surface area (Å²) in [6.07, 6.45) is 2.08. The van der Waals surface area contributed by atoms with Crippen molar-refractivity contribution in [1.82, 2.24) is 9.88 Å². The van der Waals surface area contributed by atoms with E-state index in [0.29, 0.717) is 16.8 Å². The third kappa shape index (κ3) is 2.43. The van der Waals surface area contributed by atoms with Gasteiger partial charge in [0.2, 0.25) is 0 Å². The second-order valence-corrected chi connectivity index (χ2v) is 5.43. The molecule has 5 heteroatoms. The number of nitrogens with zero attached hydrogens (tertiary/aromatic N) is 2. The Morgan fingerprint density at radius 3 is 2.94 bits per heavy atom. The molecule has 1 aromatic heterocycles. The minimum absolute atomic E-state index is 0.108. The van der Waals surface area contributed by atoms with E-state index in [1.165, 1.54) is 0 Å². The molecule has 2 rings (SSSR count). The molecular weight excluding hydrogens is 250 g/mol. The van der Waals surface area contributed by atoms with E-state index in [2.05, 4.69) is 18.8 Å². The van der Waals surface area contributed by atoms with Gasteiger partial charge in [0.15, 0.2) is 0 Å². The first-order valence-corrected chi connectivity index (χ1v) is 6.61. The molecule has 1 saturated heterocycles. The summed E-state index contributed by atoms with van der Waals surface area (Å²) >= 11 is 6.03. The van der Waals surface area contributed by atoms with Crippen molar-refractivity contribution in [2.24, 2.45) is 5.92 Å². The molecule has 0 spiro atoms. The number of anilines is 1. The molecule has 0 radical (unpaired) electrons. The van der Waals surface area contributed by atoms with Gasteiger partial charge in [-0.2, -0.15) is 0 Å². The van der Waals surface area contributed by atoms with E-state index in [9.17, 15) is 4.79 Å². The Balaban J connectivity index is 2.28. The molecule has 4 nitrogen and oxygen atoms in total. The third-order valence-electron chi connectivity index (χ3n) is 3.40. The highest BCUT2D eigenvalue weighted by molar-refractivity contribution is 6.33. The summed E-state index contributed by atoms with van der Waals surface area (Å²) in [6.45, 7) is 5.03. The number of pyridine rings is 1. The quantitative estimate of drug-likeness (QED) is 0.896. The molecule has 1 fully saturated rings. The fourth-order valence-electron chi connectivity index (χ4n) is 2.48. The third-order valence-corrected chi connectivity index (χ3v) is 3.70. The van der Waals surface area contributed by atoms with E-state index in [0.717, 1.165) is 19.4 Å². The van der Waals surface area contributed by atoms with Crippen molar-refractivity contribution in [2.45, 2.75) is 32.7 Å². The maximum absolute atomic E-state index is 12.5. The van der Waals surface area contributed by atoms with Crippen LogP contribution in [-0.2, 0) is 0 Å².